The molecule has 0 aromatic carbocycles. The van der Waals surface area contributed by atoms with Gasteiger partial charge in [-0.25, -0.2) is 8.42 Å². The summed E-state index contributed by atoms with van der Waals surface area (Å²) in [6, 6.07) is 0. The van der Waals surface area contributed by atoms with Crippen LogP contribution in [-0.4, -0.2) is 31.4 Å². The molecule has 1 atom stereocenters. The molecule has 7 nitrogen and oxygen atoms in total. The quantitative estimate of drug-likeness (QED) is 0.212. The number of quaternary nitrogens is 1. The van der Waals surface area contributed by atoms with Gasteiger partial charge in [0.1, 0.15) is 6.23 Å². The Labute approximate surface area is 82.4 Å². The van der Waals surface area contributed by atoms with Crippen molar-refractivity contribution in [3.8, 4) is 0 Å². The monoisotopic (exact) mass is 231 g/mol. The molecule has 0 amide bonds. The molecule has 0 spiro atoms. The minimum absolute atomic E-state index is 0.250. The predicted octanol–water partition coefficient (Wildman–Crippen LogP) is -2.50. The summed E-state index contributed by atoms with van der Waals surface area (Å²) >= 11 is 4.20. The Kier molecular flexibility index (Phi) is 8.30. The van der Waals surface area contributed by atoms with Gasteiger partial charge in [-0.2, -0.15) is 0 Å². The van der Waals surface area contributed by atoms with Gasteiger partial charge in [-0.05, 0) is 14.0 Å². The van der Waals surface area contributed by atoms with Gasteiger partial charge in [-0.15, -0.1) is 0 Å². The summed E-state index contributed by atoms with van der Waals surface area (Å²) < 4.78 is 33.2. The predicted molar refractivity (Wildman–Crippen MR) is 49.0 cm³/mol. The van der Waals surface area contributed by atoms with Crippen LogP contribution in [0.1, 0.15) is 6.92 Å². The summed E-state index contributed by atoms with van der Waals surface area (Å²) in [5.74, 6) is 0. The smallest absolute Gasteiger partial charge is 0.262 e. The minimum atomic E-state index is -4.55. The molecule has 1 unspecified atom stereocenters. The molecule has 0 heterocycles. The van der Waals surface area contributed by atoms with E-state index in [9.17, 15) is 13.0 Å². The first-order valence-corrected chi connectivity index (χ1v) is 4.86. The molecule has 0 radical (unpaired) electrons. The van der Waals surface area contributed by atoms with Crippen LogP contribution in [0.15, 0.2) is 0 Å². The fourth-order valence-electron chi connectivity index (χ4n) is 0.225. The first-order valence-electron chi connectivity index (χ1n) is 3.11. The molecule has 9 heteroatoms. The second-order valence-electron chi connectivity index (χ2n) is 1.90. The van der Waals surface area contributed by atoms with E-state index in [0.717, 1.165) is 0 Å². The highest BCUT2D eigenvalue weighted by Crippen LogP contribution is 1.89. The molecular formula is C4H13N3O4S2. The van der Waals surface area contributed by atoms with Crippen LogP contribution in [0.5, 0.6) is 0 Å². The van der Waals surface area contributed by atoms with Crippen molar-refractivity contribution in [1.29, 1.82) is 0 Å². The number of hydrogen-bond acceptors (Lipinski definition) is 6. The van der Waals surface area contributed by atoms with Crippen LogP contribution in [0.25, 0.3) is 0 Å². The van der Waals surface area contributed by atoms with Gasteiger partial charge in [0.2, 0.25) is 10.4 Å². The summed E-state index contributed by atoms with van der Waals surface area (Å²) in [6.45, 7) is 1.41. The molecule has 0 aromatic heterocycles. The lowest BCUT2D eigenvalue weighted by molar-refractivity contribution is -0.210. The summed E-state index contributed by atoms with van der Waals surface area (Å²) in [7, 11) is -3.07. The number of nitrogens with two attached hydrogens (primary N) is 1. The fourth-order valence-corrected chi connectivity index (χ4v) is 0.675. The van der Waals surface area contributed by atoms with E-state index in [1.54, 1.807) is 0 Å². The van der Waals surface area contributed by atoms with Crippen LogP contribution < -0.4 is 16.8 Å². The van der Waals surface area contributed by atoms with Crippen LogP contribution in [-0.2, 0) is 14.6 Å². The normalized spacial score (nSPS) is 12.6. The average molecular weight is 231 g/mol. The zero-order valence-corrected chi connectivity index (χ0v) is 8.94. The molecule has 13 heavy (non-hydrogen) atoms. The van der Waals surface area contributed by atoms with Crippen molar-refractivity contribution in [3.05, 3.63) is 0 Å². The van der Waals surface area contributed by atoms with Crippen molar-refractivity contribution in [2.75, 3.05) is 7.05 Å². The highest BCUT2D eigenvalue weighted by atomic mass is 32.3. The number of rotatable bonds is 3. The molecular weight excluding hydrogens is 218 g/mol. The Balaban J connectivity index is 0. The van der Waals surface area contributed by atoms with Gasteiger partial charge >= 0.3 is 0 Å². The van der Waals surface area contributed by atoms with Crippen LogP contribution in [0.2, 0.25) is 0 Å². The standard InChI is InChI=1S/C3H9NO4S.CH4N2S/c1-3(4-2)8-9(5,6)7;2-1(3)4/h3-4H,1-2H3,(H,5,6,7);(H4,2,3,4). The van der Waals surface area contributed by atoms with Gasteiger partial charge in [-0.1, -0.05) is 0 Å². The third-order valence-electron chi connectivity index (χ3n) is 0.669. The van der Waals surface area contributed by atoms with E-state index in [-0.39, 0.29) is 5.11 Å². The van der Waals surface area contributed by atoms with E-state index in [2.05, 4.69) is 27.5 Å². The van der Waals surface area contributed by atoms with Crippen molar-refractivity contribution in [2.45, 2.75) is 13.2 Å². The van der Waals surface area contributed by atoms with Crippen LogP contribution in [0.4, 0.5) is 0 Å². The topological polar surface area (TPSA) is 132 Å². The molecule has 80 valence electrons. The van der Waals surface area contributed by atoms with Gasteiger partial charge in [0.15, 0.2) is 0 Å². The van der Waals surface area contributed by atoms with Crippen molar-refractivity contribution in [1.82, 2.24) is 5.32 Å². The van der Waals surface area contributed by atoms with Gasteiger partial charge in [0.05, 0.1) is 0 Å². The maximum Gasteiger partial charge on any atom is 0.262 e. The van der Waals surface area contributed by atoms with Gasteiger partial charge < -0.3 is 16.0 Å². The largest absolute Gasteiger partial charge is 0.725 e. The molecule has 0 aliphatic rings. The van der Waals surface area contributed by atoms with E-state index in [1.165, 1.54) is 14.0 Å². The van der Waals surface area contributed by atoms with Gasteiger partial charge in [0, 0.05) is 12.2 Å². The Morgan fingerprint density at radius 2 is 2.08 bits per heavy atom. The Morgan fingerprint density at radius 3 is 2.15 bits per heavy atom. The lowest BCUT2D eigenvalue weighted by atomic mass is 10.7. The first-order chi connectivity index (χ1) is 5.69. The molecule has 0 aliphatic carbocycles. The van der Waals surface area contributed by atoms with Crippen molar-refractivity contribution in [3.63, 3.8) is 0 Å². The highest BCUT2D eigenvalue weighted by Gasteiger charge is 2.00. The SMILES string of the molecule is CNC(C)OS(=O)(=O)[O-].NC([NH3+])=S. The van der Waals surface area contributed by atoms with E-state index in [4.69, 9.17) is 5.73 Å². The zero-order valence-electron chi connectivity index (χ0n) is 7.31. The lowest BCUT2D eigenvalue weighted by Gasteiger charge is -2.12. The number of nitrogens with one attached hydrogen (secondary N) is 1. The molecule has 0 fully saturated rings. The molecule has 0 aromatic rings. The van der Waals surface area contributed by atoms with Crippen LogP contribution in [0, 0.1) is 0 Å². The summed E-state index contributed by atoms with van der Waals surface area (Å²) in [4.78, 5) is 0. The second kappa shape index (κ2) is 7.12. The molecule has 6 N–H and O–H groups in total. The van der Waals surface area contributed by atoms with Crippen molar-refractivity contribution >= 4 is 27.7 Å². The van der Waals surface area contributed by atoms with E-state index in [0.29, 0.717) is 0 Å². The van der Waals surface area contributed by atoms with Crippen LogP contribution >= 0.6 is 12.2 Å². The summed E-state index contributed by atoms with van der Waals surface area (Å²) in [5.41, 5.74) is 7.88. The van der Waals surface area contributed by atoms with E-state index >= 15 is 0 Å². The first kappa shape index (κ1) is 15.2. The maximum atomic E-state index is 9.78. The molecule has 0 saturated carbocycles. The Hall–Kier alpha value is -0.320. The Bertz CT molecular complexity index is 236. The van der Waals surface area contributed by atoms with Crippen LogP contribution in [0.3, 0.4) is 0 Å². The average Bonchev–Trinajstić information content (AvgIpc) is 1.82. The molecule has 0 bridgehead atoms. The van der Waals surface area contributed by atoms with Crippen molar-refractivity contribution < 1.29 is 22.9 Å². The van der Waals surface area contributed by atoms with Crippen molar-refractivity contribution in [2.24, 2.45) is 5.73 Å². The molecule has 0 rings (SSSR count). The summed E-state index contributed by atoms with van der Waals surface area (Å²) in [6.07, 6.45) is -0.757. The Morgan fingerprint density at radius 1 is 1.77 bits per heavy atom. The third-order valence-corrected chi connectivity index (χ3v) is 1.19. The number of hydrogen-bond donors (Lipinski definition) is 3. The maximum absolute atomic E-state index is 9.78. The molecule has 0 saturated heterocycles. The number of thiocarbonyl (C=S) groups is 1. The fraction of sp³-hybridized carbons (Fsp3) is 0.750. The van der Waals surface area contributed by atoms with E-state index < -0.39 is 16.6 Å². The minimum Gasteiger partial charge on any atom is -0.725 e. The molecule has 0 aliphatic heterocycles. The summed E-state index contributed by atoms with van der Waals surface area (Å²) in [5, 5.41) is 2.67. The highest BCUT2D eigenvalue weighted by molar-refractivity contribution is 7.80. The van der Waals surface area contributed by atoms with E-state index in [1.807, 2.05) is 0 Å². The lowest BCUT2D eigenvalue weighted by Crippen LogP contribution is -2.60. The second-order valence-corrected chi connectivity index (χ2v) is 3.44. The zero-order chi connectivity index (χ0) is 11.1. The van der Waals surface area contributed by atoms with Gasteiger partial charge in [0.25, 0.3) is 5.11 Å². The van der Waals surface area contributed by atoms with Gasteiger partial charge in [-0.3, -0.25) is 9.50 Å². The third kappa shape index (κ3) is 24.5.